The molecule has 1 atom stereocenters. The average Bonchev–Trinajstić information content (AvgIpc) is 2.45. The minimum absolute atomic E-state index is 0.0827. The highest BCUT2D eigenvalue weighted by Crippen LogP contribution is 2.32. The molecule has 20 heavy (non-hydrogen) atoms. The number of halogens is 2. The van der Waals surface area contributed by atoms with Crippen LogP contribution in [-0.4, -0.2) is 7.05 Å². The van der Waals surface area contributed by atoms with E-state index in [1.807, 2.05) is 48.3 Å². The van der Waals surface area contributed by atoms with E-state index in [-0.39, 0.29) is 6.04 Å². The van der Waals surface area contributed by atoms with Crippen molar-refractivity contribution in [2.24, 2.45) is 0 Å². The first kappa shape index (κ1) is 14.7. The predicted octanol–water partition coefficient (Wildman–Crippen LogP) is 5.06. The van der Waals surface area contributed by atoms with Crippen molar-refractivity contribution in [3.8, 4) is 6.07 Å². The van der Waals surface area contributed by atoms with Gasteiger partial charge in [-0.15, -0.1) is 0 Å². The number of nitrogens with zero attached hydrogens (tertiary/aromatic N) is 2. The molecule has 0 aliphatic heterocycles. The Kier molecular flexibility index (Phi) is 4.54. The molecule has 2 rings (SSSR count). The molecule has 4 heteroatoms. The summed E-state index contributed by atoms with van der Waals surface area (Å²) < 4.78 is 0. The van der Waals surface area contributed by atoms with Gasteiger partial charge in [0.1, 0.15) is 6.07 Å². The highest BCUT2D eigenvalue weighted by atomic mass is 35.5. The molecule has 2 nitrogen and oxygen atoms in total. The SMILES string of the molecule is CC(c1cccc(Cl)c1)N(C)c1cccc(Cl)c1C#N. The van der Waals surface area contributed by atoms with Crippen molar-refractivity contribution in [2.75, 3.05) is 11.9 Å². The van der Waals surface area contributed by atoms with Crippen LogP contribution in [0.3, 0.4) is 0 Å². The third-order valence-corrected chi connectivity index (χ3v) is 3.95. The summed E-state index contributed by atoms with van der Waals surface area (Å²) >= 11 is 12.1. The fourth-order valence-electron chi connectivity index (χ4n) is 2.12. The van der Waals surface area contributed by atoms with Crippen LogP contribution in [0, 0.1) is 11.3 Å². The summed E-state index contributed by atoms with van der Waals surface area (Å²) in [7, 11) is 1.94. The highest BCUT2D eigenvalue weighted by Gasteiger charge is 2.17. The van der Waals surface area contributed by atoms with Gasteiger partial charge in [0, 0.05) is 12.1 Å². The Hall–Kier alpha value is -1.69. The minimum Gasteiger partial charge on any atom is -0.367 e. The van der Waals surface area contributed by atoms with E-state index in [1.54, 1.807) is 6.07 Å². The second kappa shape index (κ2) is 6.17. The lowest BCUT2D eigenvalue weighted by atomic mass is 10.1. The zero-order valence-electron chi connectivity index (χ0n) is 11.3. The number of anilines is 1. The van der Waals surface area contributed by atoms with Crippen molar-refractivity contribution in [2.45, 2.75) is 13.0 Å². The molecule has 0 spiro atoms. The maximum absolute atomic E-state index is 9.26. The fourth-order valence-corrected chi connectivity index (χ4v) is 2.53. The molecule has 0 aliphatic rings. The molecule has 2 aromatic rings. The van der Waals surface area contributed by atoms with Gasteiger partial charge in [0.2, 0.25) is 0 Å². The van der Waals surface area contributed by atoms with Crippen molar-refractivity contribution >= 4 is 28.9 Å². The molecule has 0 radical (unpaired) electrons. The molecule has 1 unspecified atom stereocenters. The standard InChI is InChI=1S/C16H14Cl2N2/c1-11(12-5-3-6-13(17)9-12)20(2)16-8-4-7-15(18)14(16)10-19/h3-9,11H,1-2H3. The summed E-state index contributed by atoms with van der Waals surface area (Å²) in [6.07, 6.45) is 0. The Bertz CT molecular complexity index is 662. The molecular weight excluding hydrogens is 291 g/mol. The number of hydrogen-bond donors (Lipinski definition) is 0. The van der Waals surface area contributed by atoms with Crippen molar-refractivity contribution in [1.82, 2.24) is 0 Å². The summed E-state index contributed by atoms with van der Waals surface area (Å²) in [6, 6.07) is 15.4. The first-order valence-electron chi connectivity index (χ1n) is 6.21. The third kappa shape index (κ3) is 2.90. The van der Waals surface area contributed by atoms with Gasteiger partial charge in [-0.25, -0.2) is 0 Å². The van der Waals surface area contributed by atoms with E-state index in [0.29, 0.717) is 15.6 Å². The summed E-state index contributed by atoms with van der Waals surface area (Å²) in [4.78, 5) is 2.02. The van der Waals surface area contributed by atoms with E-state index in [4.69, 9.17) is 23.2 Å². The van der Waals surface area contributed by atoms with E-state index in [9.17, 15) is 5.26 Å². The van der Waals surface area contributed by atoms with Crippen molar-refractivity contribution in [3.63, 3.8) is 0 Å². The maximum atomic E-state index is 9.26. The molecule has 0 aliphatic carbocycles. The highest BCUT2D eigenvalue weighted by molar-refractivity contribution is 6.32. The molecule has 0 heterocycles. The lowest BCUT2D eigenvalue weighted by Gasteiger charge is -2.28. The van der Waals surface area contributed by atoms with Crippen LogP contribution in [0.4, 0.5) is 5.69 Å². The van der Waals surface area contributed by atoms with Crippen LogP contribution >= 0.6 is 23.2 Å². The van der Waals surface area contributed by atoms with Gasteiger partial charge in [0.15, 0.2) is 0 Å². The topological polar surface area (TPSA) is 27.0 Å². The molecule has 2 aromatic carbocycles. The lowest BCUT2D eigenvalue weighted by Crippen LogP contribution is -2.22. The molecule has 0 bridgehead atoms. The van der Waals surface area contributed by atoms with Crippen molar-refractivity contribution in [3.05, 3.63) is 63.6 Å². The Balaban J connectivity index is 2.39. The van der Waals surface area contributed by atoms with Gasteiger partial charge < -0.3 is 4.90 Å². The molecule has 0 fully saturated rings. The molecule has 0 amide bonds. The van der Waals surface area contributed by atoms with Crippen LogP contribution in [-0.2, 0) is 0 Å². The van der Waals surface area contributed by atoms with Gasteiger partial charge in [0.25, 0.3) is 0 Å². The van der Waals surface area contributed by atoms with Gasteiger partial charge in [0.05, 0.1) is 22.3 Å². The van der Waals surface area contributed by atoms with Crippen LogP contribution in [0.1, 0.15) is 24.1 Å². The number of benzene rings is 2. The van der Waals surface area contributed by atoms with Gasteiger partial charge in [-0.2, -0.15) is 5.26 Å². The smallest absolute Gasteiger partial charge is 0.103 e. The van der Waals surface area contributed by atoms with E-state index < -0.39 is 0 Å². The molecule has 0 saturated carbocycles. The van der Waals surface area contributed by atoms with E-state index >= 15 is 0 Å². The zero-order valence-corrected chi connectivity index (χ0v) is 12.8. The van der Waals surface area contributed by atoms with Gasteiger partial charge in [-0.05, 0) is 36.8 Å². The van der Waals surface area contributed by atoms with E-state index in [1.165, 1.54) is 0 Å². The summed E-state index contributed by atoms with van der Waals surface area (Å²) in [5.74, 6) is 0. The Morgan fingerprint density at radius 2 is 1.85 bits per heavy atom. The van der Waals surface area contributed by atoms with Crippen LogP contribution in [0.15, 0.2) is 42.5 Å². The first-order chi connectivity index (χ1) is 9.54. The molecule has 102 valence electrons. The number of hydrogen-bond acceptors (Lipinski definition) is 2. The second-order valence-electron chi connectivity index (χ2n) is 4.59. The third-order valence-electron chi connectivity index (χ3n) is 3.40. The van der Waals surface area contributed by atoms with Crippen molar-refractivity contribution < 1.29 is 0 Å². The van der Waals surface area contributed by atoms with Gasteiger partial charge >= 0.3 is 0 Å². The van der Waals surface area contributed by atoms with E-state index in [0.717, 1.165) is 11.3 Å². The second-order valence-corrected chi connectivity index (χ2v) is 5.43. The van der Waals surface area contributed by atoms with E-state index in [2.05, 4.69) is 13.0 Å². The summed E-state index contributed by atoms with van der Waals surface area (Å²) in [5, 5.41) is 10.4. The molecule has 0 aromatic heterocycles. The molecule has 0 saturated heterocycles. The monoisotopic (exact) mass is 304 g/mol. The average molecular weight is 305 g/mol. The maximum Gasteiger partial charge on any atom is 0.103 e. The number of rotatable bonds is 3. The zero-order chi connectivity index (χ0) is 14.7. The molecule has 0 N–H and O–H groups in total. The summed E-state index contributed by atoms with van der Waals surface area (Å²) in [6.45, 7) is 2.06. The Labute approximate surface area is 129 Å². The van der Waals surface area contributed by atoms with Crippen LogP contribution in [0.2, 0.25) is 10.0 Å². The normalized spacial score (nSPS) is 11.8. The fraction of sp³-hybridized carbons (Fsp3) is 0.188. The Morgan fingerprint density at radius 3 is 2.50 bits per heavy atom. The number of nitriles is 1. The quantitative estimate of drug-likeness (QED) is 0.792. The minimum atomic E-state index is 0.0827. The first-order valence-corrected chi connectivity index (χ1v) is 6.97. The Morgan fingerprint density at radius 1 is 1.15 bits per heavy atom. The van der Waals surface area contributed by atoms with Crippen molar-refractivity contribution in [1.29, 1.82) is 5.26 Å². The van der Waals surface area contributed by atoms with Crippen LogP contribution in [0.25, 0.3) is 0 Å². The largest absolute Gasteiger partial charge is 0.367 e. The predicted molar refractivity (Wildman–Crippen MR) is 84.4 cm³/mol. The van der Waals surface area contributed by atoms with Gasteiger partial charge in [-0.3, -0.25) is 0 Å². The molecular formula is C16H14Cl2N2. The van der Waals surface area contributed by atoms with Gasteiger partial charge in [-0.1, -0.05) is 41.4 Å². The summed E-state index contributed by atoms with van der Waals surface area (Å²) in [5.41, 5.74) is 2.39. The van der Waals surface area contributed by atoms with Crippen LogP contribution < -0.4 is 4.90 Å². The van der Waals surface area contributed by atoms with Crippen LogP contribution in [0.5, 0.6) is 0 Å². The lowest BCUT2D eigenvalue weighted by molar-refractivity contribution is 0.739.